The fourth-order valence-electron chi connectivity index (χ4n) is 3.76. The molecule has 16 heavy (non-hydrogen) atoms. The minimum absolute atomic E-state index is 0.0597. The third-order valence-electron chi connectivity index (χ3n) is 4.60. The molecule has 2 aliphatic rings. The standard InChI is InChI=1S/C13H26N2O/c1-4-15(5-2)12-7-6-10-8-14(3)9-11(12)13(10)16/h10-13,16H,4-9H2,1-3H3/t10?,11?,12-,13-/m0/s1. The molecule has 1 saturated carbocycles. The third kappa shape index (κ3) is 2.13. The van der Waals surface area contributed by atoms with Gasteiger partial charge in [-0.25, -0.2) is 0 Å². The van der Waals surface area contributed by atoms with Crippen LogP contribution in [-0.2, 0) is 0 Å². The van der Waals surface area contributed by atoms with Crippen LogP contribution in [0.2, 0.25) is 0 Å². The number of fused-ring (bicyclic) bond motifs is 2. The van der Waals surface area contributed by atoms with Gasteiger partial charge >= 0.3 is 0 Å². The van der Waals surface area contributed by atoms with Crippen molar-refractivity contribution >= 4 is 0 Å². The molecule has 1 heterocycles. The van der Waals surface area contributed by atoms with Crippen molar-refractivity contribution in [2.45, 2.75) is 38.8 Å². The average Bonchev–Trinajstić information content (AvgIpc) is 2.25. The molecule has 3 nitrogen and oxygen atoms in total. The van der Waals surface area contributed by atoms with E-state index in [1.54, 1.807) is 0 Å². The molecule has 0 amide bonds. The Labute approximate surface area is 99.4 Å². The Balaban J connectivity index is 2.10. The normalized spacial score (nSPS) is 40.3. The smallest absolute Gasteiger partial charge is 0.0635 e. The minimum Gasteiger partial charge on any atom is -0.392 e. The molecule has 1 saturated heterocycles. The quantitative estimate of drug-likeness (QED) is 0.778. The molecule has 0 aromatic heterocycles. The van der Waals surface area contributed by atoms with Crippen LogP contribution < -0.4 is 0 Å². The first-order valence-electron chi connectivity index (χ1n) is 6.78. The van der Waals surface area contributed by atoms with Crippen LogP contribution in [0.4, 0.5) is 0 Å². The summed E-state index contributed by atoms with van der Waals surface area (Å²) in [5.74, 6) is 0.993. The molecule has 4 atom stereocenters. The highest BCUT2D eigenvalue weighted by atomic mass is 16.3. The zero-order chi connectivity index (χ0) is 11.7. The Morgan fingerprint density at radius 1 is 1.19 bits per heavy atom. The van der Waals surface area contributed by atoms with E-state index in [1.165, 1.54) is 12.8 Å². The van der Waals surface area contributed by atoms with Gasteiger partial charge in [0.05, 0.1) is 6.10 Å². The van der Waals surface area contributed by atoms with E-state index in [-0.39, 0.29) is 6.10 Å². The number of likely N-dealkylation sites (tertiary alicyclic amines) is 1. The molecule has 0 radical (unpaired) electrons. The largest absolute Gasteiger partial charge is 0.392 e. The van der Waals surface area contributed by atoms with Crippen LogP contribution in [0, 0.1) is 11.8 Å². The van der Waals surface area contributed by atoms with Crippen LogP contribution in [0.15, 0.2) is 0 Å². The first-order valence-corrected chi connectivity index (χ1v) is 6.78. The van der Waals surface area contributed by atoms with Gasteiger partial charge in [0, 0.05) is 25.0 Å². The maximum Gasteiger partial charge on any atom is 0.0635 e. The predicted octanol–water partition coefficient (Wildman–Crippen LogP) is 1.03. The predicted molar refractivity (Wildman–Crippen MR) is 66.4 cm³/mol. The number of aliphatic hydroxyl groups is 1. The Morgan fingerprint density at radius 2 is 1.88 bits per heavy atom. The van der Waals surface area contributed by atoms with Gasteiger partial charge in [0.25, 0.3) is 0 Å². The lowest BCUT2D eigenvalue weighted by Gasteiger charge is -2.50. The Morgan fingerprint density at radius 3 is 2.50 bits per heavy atom. The average molecular weight is 226 g/mol. The van der Waals surface area contributed by atoms with Crippen molar-refractivity contribution in [3.8, 4) is 0 Å². The van der Waals surface area contributed by atoms with Crippen LogP contribution >= 0.6 is 0 Å². The Bertz CT molecular complexity index is 228. The maximum absolute atomic E-state index is 10.4. The maximum atomic E-state index is 10.4. The summed E-state index contributed by atoms with van der Waals surface area (Å²) in [6.45, 7) is 8.84. The number of nitrogens with zero attached hydrogens (tertiary/aromatic N) is 2. The van der Waals surface area contributed by atoms with Crippen molar-refractivity contribution in [1.82, 2.24) is 9.80 Å². The summed E-state index contributed by atoms with van der Waals surface area (Å²) in [6, 6.07) is 0.601. The zero-order valence-electron chi connectivity index (χ0n) is 10.9. The molecule has 2 unspecified atom stereocenters. The van der Waals surface area contributed by atoms with Crippen molar-refractivity contribution < 1.29 is 5.11 Å². The summed E-state index contributed by atoms with van der Waals surface area (Å²) < 4.78 is 0. The third-order valence-corrected chi connectivity index (χ3v) is 4.60. The van der Waals surface area contributed by atoms with E-state index in [0.717, 1.165) is 26.2 Å². The Kier molecular flexibility index (Phi) is 3.88. The van der Waals surface area contributed by atoms with Gasteiger partial charge in [0.15, 0.2) is 0 Å². The van der Waals surface area contributed by atoms with Gasteiger partial charge in [-0.05, 0) is 38.9 Å². The molecule has 2 bridgehead atoms. The van der Waals surface area contributed by atoms with Crippen molar-refractivity contribution in [1.29, 1.82) is 0 Å². The topological polar surface area (TPSA) is 26.7 Å². The van der Waals surface area contributed by atoms with E-state index < -0.39 is 0 Å². The minimum atomic E-state index is -0.0597. The van der Waals surface area contributed by atoms with Gasteiger partial charge in [-0.1, -0.05) is 13.8 Å². The van der Waals surface area contributed by atoms with E-state index in [0.29, 0.717) is 17.9 Å². The first-order chi connectivity index (χ1) is 7.67. The van der Waals surface area contributed by atoms with Crippen LogP contribution in [0.25, 0.3) is 0 Å². The van der Waals surface area contributed by atoms with E-state index >= 15 is 0 Å². The molecule has 2 rings (SSSR count). The zero-order valence-corrected chi connectivity index (χ0v) is 10.9. The van der Waals surface area contributed by atoms with E-state index in [9.17, 15) is 5.11 Å². The second-order valence-corrected chi connectivity index (χ2v) is 5.50. The van der Waals surface area contributed by atoms with Crippen LogP contribution in [0.5, 0.6) is 0 Å². The number of hydrogen-bond donors (Lipinski definition) is 1. The van der Waals surface area contributed by atoms with Gasteiger partial charge in [-0.2, -0.15) is 0 Å². The van der Waals surface area contributed by atoms with E-state index in [1.807, 2.05) is 0 Å². The summed E-state index contributed by atoms with van der Waals surface area (Å²) in [7, 11) is 2.19. The molecule has 1 aliphatic carbocycles. The Hall–Kier alpha value is -0.120. The van der Waals surface area contributed by atoms with Gasteiger partial charge in [0.1, 0.15) is 0 Å². The van der Waals surface area contributed by atoms with Crippen LogP contribution in [0.1, 0.15) is 26.7 Å². The van der Waals surface area contributed by atoms with Crippen molar-refractivity contribution in [3.05, 3.63) is 0 Å². The highest BCUT2D eigenvalue weighted by molar-refractivity contribution is 4.97. The lowest BCUT2D eigenvalue weighted by Crippen LogP contribution is -2.59. The van der Waals surface area contributed by atoms with Crippen LogP contribution in [0.3, 0.4) is 0 Å². The molecular formula is C13H26N2O. The monoisotopic (exact) mass is 226 g/mol. The molecule has 1 aliphatic heterocycles. The van der Waals surface area contributed by atoms with E-state index in [2.05, 4.69) is 30.7 Å². The molecule has 3 heteroatoms. The first kappa shape index (κ1) is 12.3. The molecule has 0 aromatic rings. The molecule has 1 N–H and O–H groups in total. The second kappa shape index (κ2) is 5.03. The van der Waals surface area contributed by atoms with Gasteiger partial charge in [0.2, 0.25) is 0 Å². The fraction of sp³-hybridized carbons (Fsp3) is 1.00. The van der Waals surface area contributed by atoms with Crippen molar-refractivity contribution in [2.24, 2.45) is 11.8 Å². The highest BCUT2D eigenvalue weighted by Crippen LogP contribution is 2.36. The summed E-state index contributed by atoms with van der Waals surface area (Å²) in [6.07, 6.45) is 2.42. The lowest BCUT2D eigenvalue weighted by atomic mass is 9.72. The van der Waals surface area contributed by atoms with Gasteiger partial charge in [-0.3, -0.25) is 0 Å². The van der Waals surface area contributed by atoms with Crippen molar-refractivity contribution in [3.63, 3.8) is 0 Å². The van der Waals surface area contributed by atoms with Crippen molar-refractivity contribution in [2.75, 3.05) is 33.2 Å². The van der Waals surface area contributed by atoms with Crippen LogP contribution in [-0.4, -0.2) is 60.3 Å². The van der Waals surface area contributed by atoms with Gasteiger partial charge < -0.3 is 14.9 Å². The molecule has 2 fully saturated rings. The summed E-state index contributed by atoms with van der Waals surface area (Å²) >= 11 is 0. The number of hydrogen-bond acceptors (Lipinski definition) is 3. The fourth-order valence-corrected chi connectivity index (χ4v) is 3.76. The highest BCUT2D eigenvalue weighted by Gasteiger charge is 2.43. The van der Waals surface area contributed by atoms with Gasteiger partial charge in [-0.15, -0.1) is 0 Å². The summed E-state index contributed by atoms with van der Waals surface area (Å²) in [5.41, 5.74) is 0. The summed E-state index contributed by atoms with van der Waals surface area (Å²) in [5, 5.41) is 10.4. The SMILES string of the molecule is CCN(CC)[C@H]1CCC2CN(C)CC1[C@H]2O. The molecule has 0 spiro atoms. The number of aliphatic hydroxyl groups excluding tert-OH is 1. The number of piperidine rings is 1. The molecular weight excluding hydrogens is 200 g/mol. The number of rotatable bonds is 3. The molecule has 0 aromatic carbocycles. The lowest BCUT2D eigenvalue weighted by molar-refractivity contribution is -0.0822. The van der Waals surface area contributed by atoms with E-state index in [4.69, 9.17) is 0 Å². The second-order valence-electron chi connectivity index (χ2n) is 5.50. The molecule has 94 valence electrons. The summed E-state index contributed by atoms with van der Waals surface area (Å²) in [4.78, 5) is 4.93.